The summed E-state index contributed by atoms with van der Waals surface area (Å²) in [6.07, 6.45) is 2.71. The van der Waals surface area contributed by atoms with Crippen molar-refractivity contribution in [2.24, 2.45) is 34.8 Å². The summed E-state index contributed by atoms with van der Waals surface area (Å²) in [7, 11) is 3.33. The standard InChI is InChI=1S/C36H58N2O5/c1-25(2)29(19-28-15-16-33(42-8)34(20-28)43-18-12-17-41-7)21-31(37)32(39)22-30(26(3)4)35(40)38-24-36(5,6)23-27-13-10-9-11-14-27/h9-11,13-16,20,25-26,29-32,39H,12,17-19,21-24,37H2,1-8H3,(H,38,40)/t29-,30-,31-,32-/m0/s1. The van der Waals surface area contributed by atoms with Crippen LogP contribution in [0.15, 0.2) is 48.5 Å². The number of aliphatic hydroxyl groups is 1. The first-order valence-electron chi connectivity index (χ1n) is 15.9. The van der Waals surface area contributed by atoms with Crippen LogP contribution >= 0.6 is 0 Å². The molecule has 0 aliphatic rings. The summed E-state index contributed by atoms with van der Waals surface area (Å²) in [6.45, 7) is 14.5. The highest BCUT2D eigenvalue weighted by molar-refractivity contribution is 5.79. The normalized spacial score (nSPS) is 14.8. The van der Waals surface area contributed by atoms with E-state index in [4.69, 9.17) is 19.9 Å². The molecule has 0 saturated heterocycles. The molecule has 0 aliphatic carbocycles. The Morgan fingerprint density at radius 1 is 0.930 bits per heavy atom. The Balaban J connectivity index is 1.99. The maximum atomic E-state index is 13.3. The van der Waals surface area contributed by atoms with Crippen molar-refractivity contribution in [3.05, 3.63) is 59.7 Å². The number of nitrogens with one attached hydrogen (secondary N) is 1. The molecule has 0 fully saturated rings. The van der Waals surface area contributed by atoms with Gasteiger partial charge in [-0.3, -0.25) is 4.79 Å². The largest absolute Gasteiger partial charge is 0.493 e. The molecule has 0 unspecified atom stereocenters. The second kappa shape index (κ2) is 18.3. The second-order valence-corrected chi connectivity index (χ2v) is 13.5. The number of nitrogens with two attached hydrogens (primary N) is 1. The lowest BCUT2D eigenvalue weighted by atomic mass is 9.80. The second-order valence-electron chi connectivity index (χ2n) is 13.5. The van der Waals surface area contributed by atoms with Gasteiger partial charge in [0.05, 0.1) is 19.8 Å². The van der Waals surface area contributed by atoms with Crippen molar-refractivity contribution < 1.29 is 24.1 Å². The van der Waals surface area contributed by atoms with E-state index in [1.165, 1.54) is 5.56 Å². The van der Waals surface area contributed by atoms with Crippen LogP contribution in [0.5, 0.6) is 11.5 Å². The van der Waals surface area contributed by atoms with Crippen LogP contribution in [-0.4, -0.2) is 57.1 Å². The summed E-state index contributed by atoms with van der Waals surface area (Å²) in [5, 5.41) is 14.4. The summed E-state index contributed by atoms with van der Waals surface area (Å²) in [5.41, 5.74) is 8.92. The summed E-state index contributed by atoms with van der Waals surface area (Å²) in [4.78, 5) is 13.3. The Hall–Kier alpha value is -2.61. The minimum atomic E-state index is -0.771. The molecule has 2 aromatic rings. The van der Waals surface area contributed by atoms with E-state index in [0.29, 0.717) is 44.3 Å². The number of ether oxygens (including phenoxy) is 3. The molecule has 0 bridgehead atoms. The number of aliphatic hydroxyl groups excluding tert-OH is 1. The quantitative estimate of drug-likeness (QED) is 0.160. The highest BCUT2D eigenvalue weighted by atomic mass is 16.5. The van der Waals surface area contributed by atoms with Crippen LogP contribution in [-0.2, 0) is 22.4 Å². The van der Waals surface area contributed by atoms with E-state index in [-0.39, 0.29) is 29.1 Å². The predicted molar refractivity (Wildman–Crippen MR) is 175 cm³/mol. The van der Waals surface area contributed by atoms with Crippen LogP contribution in [0, 0.1) is 29.1 Å². The molecular formula is C36H58N2O5. The first kappa shape index (κ1) is 36.6. The minimum Gasteiger partial charge on any atom is -0.493 e. The van der Waals surface area contributed by atoms with E-state index in [0.717, 1.165) is 30.6 Å². The lowest BCUT2D eigenvalue weighted by Gasteiger charge is -2.31. The predicted octanol–water partition coefficient (Wildman–Crippen LogP) is 6.05. The fraction of sp³-hybridized carbons (Fsp3) is 0.639. The molecule has 7 nitrogen and oxygen atoms in total. The zero-order valence-corrected chi connectivity index (χ0v) is 27.9. The lowest BCUT2D eigenvalue weighted by molar-refractivity contribution is -0.128. The van der Waals surface area contributed by atoms with Gasteiger partial charge in [0.2, 0.25) is 5.91 Å². The summed E-state index contributed by atoms with van der Waals surface area (Å²) in [6, 6.07) is 16.0. The van der Waals surface area contributed by atoms with Crippen LogP contribution in [0.2, 0.25) is 0 Å². The number of benzene rings is 2. The molecule has 4 N–H and O–H groups in total. The Labute approximate surface area is 260 Å². The van der Waals surface area contributed by atoms with Crippen LogP contribution in [0.3, 0.4) is 0 Å². The van der Waals surface area contributed by atoms with E-state index in [2.05, 4.69) is 51.2 Å². The van der Waals surface area contributed by atoms with E-state index < -0.39 is 12.1 Å². The van der Waals surface area contributed by atoms with Crippen LogP contribution in [0.1, 0.15) is 71.9 Å². The average molecular weight is 599 g/mol. The number of hydrogen-bond donors (Lipinski definition) is 3. The van der Waals surface area contributed by atoms with Gasteiger partial charge in [0, 0.05) is 38.6 Å². The van der Waals surface area contributed by atoms with Crippen molar-refractivity contribution in [2.75, 3.05) is 34.0 Å². The molecule has 0 saturated carbocycles. The number of rotatable bonds is 20. The molecule has 0 heterocycles. The molecule has 43 heavy (non-hydrogen) atoms. The maximum Gasteiger partial charge on any atom is 0.223 e. The molecule has 242 valence electrons. The van der Waals surface area contributed by atoms with Crippen molar-refractivity contribution in [3.63, 3.8) is 0 Å². The van der Waals surface area contributed by atoms with Gasteiger partial charge in [-0.15, -0.1) is 0 Å². The first-order valence-corrected chi connectivity index (χ1v) is 15.9. The van der Waals surface area contributed by atoms with Gasteiger partial charge in [-0.2, -0.15) is 0 Å². The third kappa shape index (κ3) is 12.9. The zero-order chi connectivity index (χ0) is 32.0. The minimum absolute atomic E-state index is 0.0148. The van der Waals surface area contributed by atoms with E-state index >= 15 is 0 Å². The van der Waals surface area contributed by atoms with Crippen LogP contribution < -0.4 is 20.5 Å². The molecule has 1 amide bonds. The van der Waals surface area contributed by atoms with Crippen molar-refractivity contribution in [2.45, 2.75) is 85.8 Å². The maximum absolute atomic E-state index is 13.3. The molecular weight excluding hydrogens is 540 g/mol. The molecule has 4 atom stereocenters. The smallest absolute Gasteiger partial charge is 0.223 e. The van der Waals surface area contributed by atoms with Gasteiger partial charge in [0.15, 0.2) is 11.5 Å². The number of hydrogen-bond acceptors (Lipinski definition) is 6. The summed E-state index contributed by atoms with van der Waals surface area (Å²) < 4.78 is 16.6. The Morgan fingerprint density at radius 3 is 2.23 bits per heavy atom. The molecule has 2 rings (SSSR count). The third-order valence-electron chi connectivity index (χ3n) is 8.39. The number of carbonyl (C=O) groups is 1. The van der Waals surface area contributed by atoms with Gasteiger partial charge in [0.1, 0.15) is 0 Å². The van der Waals surface area contributed by atoms with Crippen LogP contribution in [0.25, 0.3) is 0 Å². The topological polar surface area (TPSA) is 103 Å². The van der Waals surface area contributed by atoms with Gasteiger partial charge >= 0.3 is 0 Å². The van der Waals surface area contributed by atoms with Gasteiger partial charge in [-0.1, -0.05) is 77.9 Å². The van der Waals surface area contributed by atoms with Gasteiger partial charge < -0.3 is 30.4 Å². The SMILES string of the molecule is COCCCOc1cc(C[C@@H](C[C@H](N)[C@@H](O)C[C@H](C(=O)NCC(C)(C)Cc2ccccc2)C(C)C)C(C)C)ccc1OC. The molecule has 0 aliphatic heterocycles. The van der Waals surface area contributed by atoms with Crippen molar-refractivity contribution in [1.29, 1.82) is 0 Å². The van der Waals surface area contributed by atoms with Gasteiger partial charge in [0.25, 0.3) is 0 Å². The highest BCUT2D eigenvalue weighted by Crippen LogP contribution is 2.32. The lowest BCUT2D eigenvalue weighted by Crippen LogP contribution is -2.44. The fourth-order valence-corrected chi connectivity index (χ4v) is 5.53. The Bertz CT molecular complexity index is 1070. The molecule has 2 aromatic carbocycles. The molecule has 0 spiro atoms. The number of amides is 1. The van der Waals surface area contributed by atoms with Gasteiger partial charge in [-0.25, -0.2) is 0 Å². The fourth-order valence-electron chi connectivity index (χ4n) is 5.53. The van der Waals surface area contributed by atoms with Crippen molar-refractivity contribution in [1.82, 2.24) is 5.32 Å². The third-order valence-corrected chi connectivity index (χ3v) is 8.39. The van der Waals surface area contributed by atoms with Crippen molar-refractivity contribution >= 4 is 5.91 Å². The van der Waals surface area contributed by atoms with E-state index in [1.54, 1.807) is 14.2 Å². The van der Waals surface area contributed by atoms with E-state index in [1.807, 2.05) is 44.2 Å². The zero-order valence-electron chi connectivity index (χ0n) is 27.9. The number of carbonyl (C=O) groups excluding carboxylic acids is 1. The molecule has 0 radical (unpaired) electrons. The van der Waals surface area contributed by atoms with Gasteiger partial charge in [-0.05, 0) is 72.1 Å². The Morgan fingerprint density at radius 2 is 1.63 bits per heavy atom. The monoisotopic (exact) mass is 598 g/mol. The average Bonchev–Trinajstić information content (AvgIpc) is 2.96. The molecule has 0 aromatic heterocycles. The van der Waals surface area contributed by atoms with E-state index in [9.17, 15) is 9.90 Å². The van der Waals surface area contributed by atoms with Crippen molar-refractivity contribution in [3.8, 4) is 11.5 Å². The number of methoxy groups -OCH3 is 2. The summed E-state index contributed by atoms with van der Waals surface area (Å²) in [5.74, 6) is 1.80. The highest BCUT2D eigenvalue weighted by Gasteiger charge is 2.31. The Kier molecular flexibility index (Phi) is 15.5. The first-order chi connectivity index (χ1) is 20.4. The summed E-state index contributed by atoms with van der Waals surface area (Å²) >= 11 is 0. The van der Waals surface area contributed by atoms with Crippen LogP contribution in [0.4, 0.5) is 0 Å². The molecule has 7 heteroatoms.